The second-order valence-corrected chi connectivity index (χ2v) is 5.85. The van der Waals surface area contributed by atoms with Crippen molar-refractivity contribution in [3.63, 3.8) is 0 Å². The summed E-state index contributed by atoms with van der Waals surface area (Å²) in [5.74, 6) is -1.05. The van der Waals surface area contributed by atoms with Crippen molar-refractivity contribution in [2.24, 2.45) is 7.05 Å². The second-order valence-electron chi connectivity index (χ2n) is 4.94. The summed E-state index contributed by atoms with van der Waals surface area (Å²) in [5.41, 5.74) is -1.66. The Morgan fingerprint density at radius 1 is 1.42 bits per heavy atom. The molecule has 0 bridgehead atoms. The number of pyridine rings is 1. The van der Waals surface area contributed by atoms with Crippen LogP contribution in [0.3, 0.4) is 0 Å². The third-order valence-corrected chi connectivity index (χ3v) is 4.37. The first-order valence-electron chi connectivity index (χ1n) is 6.97. The Labute approximate surface area is 138 Å². The van der Waals surface area contributed by atoms with Gasteiger partial charge in [0.2, 0.25) is 0 Å². The van der Waals surface area contributed by atoms with Crippen LogP contribution in [0.1, 0.15) is 23.0 Å². The van der Waals surface area contributed by atoms with E-state index in [1.807, 2.05) is 0 Å². The molecule has 3 aromatic rings. The average molecular weight is 355 g/mol. The number of fused-ring (bicyclic) bond motifs is 1. The van der Waals surface area contributed by atoms with Gasteiger partial charge < -0.3 is 4.74 Å². The molecule has 0 saturated carbocycles. The quantitative estimate of drug-likeness (QED) is 0.669. The summed E-state index contributed by atoms with van der Waals surface area (Å²) >= 11 is 1.27. The number of aromatic nitrogens is 3. The summed E-state index contributed by atoms with van der Waals surface area (Å²) in [7, 11) is 1.29. The van der Waals surface area contributed by atoms with Crippen molar-refractivity contribution in [3.05, 3.63) is 35.1 Å². The largest absolute Gasteiger partial charge is 0.461 e. The van der Waals surface area contributed by atoms with E-state index in [1.165, 1.54) is 31.5 Å². The van der Waals surface area contributed by atoms with E-state index in [0.29, 0.717) is 10.9 Å². The fourth-order valence-electron chi connectivity index (χ4n) is 2.48. The van der Waals surface area contributed by atoms with E-state index in [1.54, 1.807) is 17.6 Å². The van der Waals surface area contributed by atoms with Gasteiger partial charge in [-0.25, -0.2) is 4.79 Å². The lowest BCUT2D eigenvalue weighted by atomic mass is 10.1. The molecule has 0 aliphatic rings. The molecule has 0 saturated heterocycles. The predicted molar refractivity (Wildman–Crippen MR) is 82.8 cm³/mol. The highest BCUT2D eigenvalue weighted by Gasteiger charge is 2.43. The van der Waals surface area contributed by atoms with Crippen LogP contribution in [0, 0.1) is 0 Å². The van der Waals surface area contributed by atoms with Gasteiger partial charge in [0.05, 0.1) is 11.3 Å². The lowest BCUT2D eigenvalue weighted by Crippen LogP contribution is -2.17. The average Bonchev–Trinajstić information content (AvgIpc) is 3.07. The maximum absolute atomic E-state index is 13.6. The lowest BCUT2D eigenvalue weighted by molar-refractivity contribution is -0.137. The van der Waals surface area contributed by atoms with Gasteiger partial charge in [-0.15, -0.1) is 11.3 Å². The SMILES string of the molecule is CCOC(=O)c1c(C(F)(F)F)c(-c2csc3cnccc23)nn1C. The minimum absolute atomic E-state index is 0.0241. The Morgan fingerprint density at radius 3 is 2.83 bits per heavy atom. The third kappa shape index (κ3) is 2.64. The van der Waals surface area contributed by atoms with Gasteiger partial charge in [-0.05, 0) is 13.0 Å². The maximum Gasteiger partial charge on any atom is 0.420 e. The molecule has 5 nitrogen and oxygen atoms in total. The summed E-state index contributed by atoms with van der Waals surface area (Å²) in [6, 6.07) is 1.63. The van der Waals surface area contributed by atoms with Gasteiger partial charge in [0.25, 0.3) is 0 Å². The summed E-state index contributed by atoms with van der Waals surface area (Å²) in [6.07, 6.45) is -1.67. The fraction of sp³-hybridized carbons (Fsp3) is 0.267. The van der Waals surface area contributed by atoms with Crippen molar-refractivity contribution in [1.29, 1.82) is 0 Å². The number of hydrogen-bond donors (Lipinski definition) is 0. The van der Waals surface area contributed by atoms with Crippen LogP contribution in [-0.2, 0) is 18.0 Å². The van der Waals surface area contributed by atoms with Crippen LogP contribution in [0.5, 0.6) is 0 Å². The smallest absolute Gasteiger partial charge is 0.420 e. The van der Waals surface area contributed by atoms with Gasteiger partial charge in [0.1, 0.15) is 11.3 Å². The van der Waals surface area contributed by atoms with Gasteiger partial charge in [-0.3, -0.25) is 9.67 Å². The molecular weight excluding hydrogens is 343 g/mol. The van der Waals surface area contributed by atoms with Gasteiger partial charge in [0.15, 0.2) is 5.69 Å². The molecule has 9 heteroatoms. The Hall–Kier alpha value is -2.42. The topological polar surface area (TPSA) is 57.0 Å². The van der Waals surface area contributed by atoms with E-state index in [4.69, 9.17) is 4.74 Å². The van der Waals surface area contributed by atoms with Crippen LogP contribution in [0.25, 0.3) is 21.3 Å². The number of aryl methyl sites for hydroxylation is 1. The zero-order valence-electron chi connectivity index (χ0n) is 12.7. The van der Waals surface area contributed by atoms with E-state index in [2.05, 4.69) is 10.1 Å². The Kier molecular flexibility index (Phi) is 4.04. The zero-order valence-corrected chi connectivity index (χ0v) is 13.5. The first kappa shape index (κ1) is 16.4. The molecule has 0 amide bonds. The van der Waals surface area contributed by atoms with E-state index >= 15 is 0 Å². The monoisotopic (exact) mass is 355 g/mol. The molecular formula is C15H12F3N3O2S. The number of hydrogen-bond acceptors (Lipinski definition) is 5. The first-order valence-corrected chi connectivity index (χ1v) is 7.85. The molecule has 0 spiro atoms. The molecule has 0 aliphatic heterocycles. The number of carbonyl (C=O) groups excluding carboxylic acids is 1. The molecule has 3 rings (SSSR count). The second kappa shape index (κ2) is 5.90. The zero-order chi connectivity index (χ0) is 17.5. The van der Waals surface area contributed by atoms with Crippen molar-refractivity contribution in [1.82, 2.24) is 14.8 Å². The van der Waals surface area contributed by atoms with Gasteiger partial charge in [0, 0.05) is 35.8 Å². The number of esters is 1. The molecule has 0 aliphatic carbocycles. The van der Waals surface area contributed by atoms with E-state index in [9.17, 15) is 18.0 Å². The highest BCUT2D eigenvalue weighted by molar-refractivity contribution is 7.17. The molecule has 0 atom stereocenters. The van der Waals surface area contributed by atoms with Gasteiger partial charge >= 0.3 is 12.1 Å². The van der Waals surface area contributed by atoms with Crippen molar-refractivity contribution in [2.75, 3.05) is 6.61 Å². The van der Waals surface area contributed by atoms with Crippen LogP contribution in [0.15, 0.2) is 23.8 Å². The third-order valence-electron chi connectivity index (χ3n) is 3.43. The number of carbonyl (C=O) groups is 1. The highest BCUT2D eigenvalue weighted by atomic mass is 32.1. The minimum atomic E-state index is -4.74. The molecule has 0 N–H and O–H groups in total. The van der Waals surface area contributed by atoms with Crippen LogP contribution < -0.4 is 0 Å². The Morgan fingerprint density at radius 2 is 2.17 bits per heavy atom. The molecule has 0 aromatic carbocycles. The molecule has 126 valence electrons. The highest BCUT2D eigenvalue weighted by Crippen LogP contribution is 2.42. The number of halogens is 3. The normalized spacial score (nSPS) is 11.9. The van der Waals surface area contributed by atoms with Crippen molar-refractivity contribution in [2.45, 2.75) is 13.1 Å². The number of thiophene rings is 1. The number of ether oxygens (including phenoxy) is 1. The van der Waals surface area contributed by atoms with E-state index in [0.717, 1.165) is 9.38 Å². The maximum atomic E-state index is 13.6. The molecule has 3 heterocycles. The summed E-state index contributed by atoms with van der Waals surface area (Å²) < 4.78 is 47.3. The van der Waals surface area contributed by atoms with Gasteiger partial charge in [-0.2, -0.15) is 18.3 Å². The molecule has 0 unspecified atom stereocenters. The number of nitrogens with zero attached hydrogens (tertiary/aromatic N) is 3. The first-order chi connectivity index (χ1) is 11.3. The standard InChI is InChI=1S/C15H12F3N3O2S/c1-3-23-14(22)13-11(15(16,17)18)12(20-21(13)2)9-7-24-10-6-19-5-4-8(9)10/h4-7H,3H2,1-2H3. The number of alkyl halides is 3. The Balaban J connectivity index is 2.29. The molecule has 0 radical (unpaired) electrons. The predicted octanol–water partition coefficient (Wildman–Crippen LogP) is 3.89. The summed E-state index contributed by atoms with van der Waals surface area (Å²) in [4.78, 5) is 15.9. The van der Waals surface area contributed by atoms with E-state index in [-0.39, 0.29) is 12.3 Å². The van der Waals surface area contributed by atoms with Crippen molar-refractivity contribution in [3.8, 4) is 11.3 Å². The Bertz CT molecular complexity index is 914. The fourth-order valence-corrected chi connectivity index (χ4v) is 3.39. The lowest BCUT2D eigenvalue weighted by Gasteiger charge is -2.09. The van der Waals surface area contributed by atoms with Crippen LogP contribution >= 0.6 is 11.3 Å². The number of rotatable bonds is 3. The van der Waals surface area contributed by atoms with E-state index < -0.39 is 23.4 Å². The summed E-state index contributed by atoms with van der Waals surface area (Å²) in [6.45, 7) is 1.51. The summed E-state index contributed by atoms with van der Waals surface area (Å²) in [5, 5.41) is 6.14. The molecule has 24 heavy (non-hydrogen) atoms. The van der Waals surface area contributed by atoms with Crippen molar-refractivity contribution < 1.29 is 22.7 Å². The molecule has 3 aromatic heterocycles. The van der Waals surface area contributed by atoms with Crippen LogP contribution in [0.2, 0.25) is 0 Å². The van der Waals surface area contributed by atoms with Gasteiger partial charge in [-0.1, -0.05) is 0 Å². The van der Waals surface area contributed by atoms with Crippen LogP contribution in [-0.4, -0.2) is 27.3 Å². The van der Waals surface area contributed by atoms with Crippen molar-refractivity contribution >= 4 is 27.4 Å². The van der Waals surface area contributed by atoms with Crippen LogP contribution in [0.4, 0.5) is 13.2 Å². The molecule has 0 fully saturated rings. The minimum Gasteiger partial charge on any atom is -0.461 e.